The van der Waals surface area contributed by atoms with Crippen LogP contribution in [0.1, 0.15) is 56.6 Å². The number of nitrogens with one attached hydrogen (secondary N) is 1. The molecule has 2 fully saturated rings. The summed E-state index contributed by atoms with van der Waals surface area (Å²) in [6.07, 6.45) is 3.95. The maximum absolute atomic E-state index is 13.0. The number of imidazole rings is 1. The molecule has 2 amide bonds. The van der Waals surface area contributed by atoms with E-state index in [4.69, 9.17) is 0 Å². The Morgan fingerprint density at radius 3 is 2.54 bits per heavy atom. The third-order valence-electron chi connectivity index (χ3n) is 6.22. The molecule has 2 saturated heterocycles. The van der Waals surface area contributed by atoms with E-state index >= 15 is 0 Å². The third-order valence-corrected chi connectivity index (χ3v) is 6.22. The number of rotatable bonds is 4. The zero-order valence-corrected chi connectivity index (χ0v) is 16.6. The minimum absolute atomic E-state index is 0.194. The number of carbonyl (C=O) groups excluding carboxylic acids is 2. The zero-order chi connectivity index (χ0) is 19.8. The Kier molecular flexibility index (Phi) is 5.10. The first kappa shape index (κ1) is 18.9. The van der Waals surface area contributed by atoms with Crippen molar-refractivity contribution in [3.8, 4) is 0 Å². The van der Waals surface area contributed by atoms with Crippen LogP contribution in [0.4, 0.5) is 0 Å². The first-order chi connectivity index (χ1) is 13.5. The van der Waals surface area contributed by atoms with Gasteiger partial charge in [-0.1, -0.05) is 19.1 Å². The SMILES string of the molecule is CCCN1CCC(c2cccc3c2n(C)c(=O)n3C2CCC(=O)NC2=O)CC1. The summed E-state index contributed by atoms with van der Waals surface area (Å²) in [5.41, 5.74) is 2.71. The van der Waals surface area contributed by atoms with Crippen molar-refractivity contribution in [3.63, 3.8) is 0 Å². The van der Waals surface area contributed by atoms with E-state index < -0.39 is 6.04 Å². The molecule has 1 N–H and O–H groups in total. The highest BCUT2D eigenvalue weighted by atomic mass is 16.2. The highest BCUT2D eigenvalue weighted by molar-refractivity contribution is 6.00. The average Bonchev–Trinajstić information content (AvgIpc) is 2.94. The van der Waals surface area contributed by atoms with Gasteiger partial charge in [0.25, 0.3) is 0 Å². The van der Waals surface area contributed by atoms with Crippen molar-refractivity contribution < 1.29 is 9.59 Å². The van der Waals surface area contributed by atoms with E-state index in [9.17, 15) is 14.4 Å². The van der Waals surface area contributed by atoms with Gasteiger partial charge in [-0.05, 0) is 62.9 Å². The number of imide groups is 1. The number of nitrogens with zero attached hydrogens (tertiary/aromatic N) is 3. The summed E-state index contributed by atoms with van der Waals surface area (Å²) < 4.78 is 3.25. The summed E-state index contributed by atoms with van der Waals surface area (Å²) in [6.45, 7) is 5.51. The molecule has 0 spiro atoms. The van der Waals surface area contributed by atoms with Crippen LogP contribution in [0.15, 0.2) is 23.0 Å². The third kappa shape index (κ3) is 3.17. The summed E-state index contributed by atoms with van der Waals surface area (Å²) in [5, 5.41) is 2.37. The van der Waals surface area contributed by atoms with Crippen molar-refractivity contribution in [2.75, 3.05) is 19.6 Å². The molecular weight excluding hydrogens is 356 g/mol. The van der Waals surface area contributed by atoms with Crippen molar-refractivity contribution in [2.24, 2.45) is 7.05 Å². The van der Waals surface area contributed by atoms with Crippen LogP contribution in [0.2, 0.25) is 0 Å². The maximum atomic E-state index is 13.0. The number of hydrogen-bond acceptors (Lipinski definition) is 4. The van der Waals surface area contributed by atoms with Gasteiger partial charge in [0.2, 0.25) is 11.8 Å². The minimum Gasteiger partial charge on any atom is -0.303 e. The molecule has 1 unspecified atom stereocenters. The van der Waals surface area contributed by atoms with Crippen LogP contribution < -0.4 is 11.0 Å². The molecule has 150 valence electrons. The largest absolute Gasteiger partial charge is 0.329 e. The maximum Gasteiger partial charge on any atom is 0.329 e. The quantitative estimate of drug-likeness (QED) is 0.817. The molecule has 0 radical (unpaired) electrons. The Balaban J connectivity index is 1.73. The first-order valence-corrected chi connectivity index (χ1v) is 10.3. The number of amides is 2. The van der Waals surface area contributed by atoms with Gasteiger partial charge in [-0.25, -0.2) is 4.79 Å². The van der Waals surface area contributed by atoms with Gasteiger partial charge in [0.05, 0.1) is 11.0 Å². The highest BCUT2D eigenvalue weighted by Gasteiger charge is 2.32. The van der Waals surface area contributed by atoms with Gasteiger partial charge in [-0.2, -0.15) is 0 Å². The fourth-order valence-corrected chi connectivity index (χ4v) is 4.81. The number of carbonyl (C=O) groups is 2. The van der Waals surface area contributed by atoms with Crippen LogP contribution >= 0.6 is 0 Å². The molecule has 2 aliphatic rings. The highest BCUT2D eigenvalue weighted by Crippen LogP contribution is 2.34. The molecule has 1 aromatic carbocycles. The fraction of sp³-hybridized carbons (Fsp3) is 0.571. The molecule has 0 bridgehead atoms. The van der Waals surface area contributed by atoms with Gasteiger partial charge in [0, 0.05) is 13.5 Å². The van der Waals surface area contributed by atoms with E-state index in [2.05, 4.69) is 23.2 Å². The summed E-state index contributed by atoms with van der Waals surface area (Å²) >= 11 is 0. The molecule has 1 aromatic heterocycles. The van der Waals surface area contributed by atoms with Crippen LogP contribution in [0, 0.1) is 0 Å². The number of piperidine rings is 2. The molecule has 2 aliphatic heterocycles. The van der Waals surface area contributed by atoms with Crippen LogP contribution in [0.25, 0.3) is 11.0 Å². The van der Waals surface area contributed by atoms with E-state index in [0.717, 1.165) is 43.5 Å². The van der Waals surface area contributed by atoms with Crippen molar-refractivity contribution >= 4 is 22.8 Å². The molecule has 3 heterocycles. The summed E-state index contributed by atoms with van der Waals surface area (Å²) in [7, 11) is 1.78. The van der Waals surface area contributed by atoms with Crippen molar-refractivity contribution in [1.29, 1.82) is 0 Å². The first-order valence-electron chi connectivity index (χ1n) is 10.3. The topological polar surface area (TPSA) is 76.3 Å². The number of likely N-dealkylation sites (tertiary alicyclic amines) is 1. The van der Waals surface area contributed by atoms with Crippen LogP contribution in [-0.4, -0.2) is 45.5 Å². The smallest absolute Gasteiger partial charge is 0.303 e. The van der Waals surface area contributed by atoms with Crippen molar-refractivity contribution in [3.05, 3.63) is 34.2 Å². The lowest BCUT2D eigenvalue weighted by molar-refractivity contribution is -0.135. The summed E-state index contributed by atoms with van der Waals surface area (Å²) in [5.74, 6) is -0.238. The standard InChI is InChI=1S/C21H28N4O3/c1-3-11-24-12-9-14(10-13-24)15-5-4-6-16-19(15)23(2)21(28)25(16)17-7-8-18(26)22-20(17)27/h4-6,14,17H,3,7-13H2,1-2H3,(H,22,26,27). The number of hydrogen-bond donors (Lipinski definition) is 1. The summed E-state index contributed by atoms with van der Waals surface area (Å²) in [6, 6.07) is 5.39. The van der Waals surface area contributed by atoms with Gasteiger partial charge in [-0.3, -0.25) is 24.0 Å². The van der Waals surface area contributed by atoms with Gasteiger partial charge in [0.15, 0.2) is 0 Å². The second kappa shape index (κ2) is 7.54. The number of aromatic nitrogens is 2. The zero-order valence-electron chi connectivity index (χ0n) is 16.6. The second-order valence-corrected chi connectivity index (χ2v) is 8.01. The summed E-state index contributed by atoms with van der Waals surface area (Å²) in [4.78, 5) is 39.4. The fourth-order valence-electron chi connectivity index (χ4n) is 4.81. The monoisotopic (exact) mass is 384 g/mol. The Hall–Kier alpha value is -2.41. The lowest BCUT2D eigenvalue weighted by Crippen LogP contribution is -2.44. The molecule has 7 heteroatoms. The van der Waals surface area contributed by atoms with Crippen molar-refractivity contribution in [1.82, 2.24) is 19.4 Å². The number of aryl methyl sites for hydroxylation is 1. The molecule has 28 heavy (non-hydrogen) atoms. The second-order valence-electron chi connectivity index (χ2n) is 8.01. The number of benzene rings is 1. The van der Waals surface area contributed by atoms with Gasteiger partial charge in [-0.15, -0.1) is 0 Å². The van der Waals surface area contributed by atoms with E-state index in [-0.39, 0.29) is 23.9 Å². The van der Waals surface area contributed by atoms with Gasteiger partial charge in [0.1, 0.15) is 6.04 Å². The van der Waals surface area contributed by atoms with E-state index in [1.807, 2.05) is 12.1 Å². The molecule has 2 aromatic rings. The normalized spacial score (nSPS) is 22.0. The predicted octanol–water partition coefficient (Wildman–Crippen LogP) is 1.91. The van der Waals surface area contributed by atoms with E-state index in [1.54, 1.807) is 16.2 Å². The Bertz CT molecular complexity index is 966. The Labute approximate surface area is 164 Å². The van der Waals surface area contributed by atoms with Crippen molar-refractivity contribution in [2.45, 2.75) is 51.0 Å². The minimum atomic E-state index is -0.629. The van der Waals surface area contributed by atoms with E-state index in [0.29, 0.717) is 12.3 Å². The lowest BCUT2D eigenvalue weighted by atomic mass is 9.88. The Morgan fingerprint density at radius 2 is 1.86 bits per heavy atom. The Morgan fingerprint density at radius 1 is 1.11 bits per heavy atom. The van der Waals surface area contributed by atoms with Gasteiger partial charge < -0.3 is 4.90 Å². The molecular formula is C21H28N4O3. The average molecular weight is 384 g/mol. The van der Waals surface area contributed by atoms with E-state index in [1.165, 1.54) is 12.0 Å². The van der Waals surface area contributed by atoms with Crippen LogP contribution in [0.3, 0.4) is 0 Å². The molecule has 4 rings (SSSR count). The number of para-hydroxylation sites is 1. The van der Waals surface area contributed by atoms with Crippen LogP contribution in [-0.2, 0) is 16.6 Å². The predicted molar refractivity (Wildman–Crippen MR) is 107 cm³/mol. The van der Waals surface area contributed by atoms with Crippen LogP contribution in [0.5, 0.6) is 0 Å². The molecule has 0 saturated carbocycles. The molecule has 7 nitrogen and oxygen atoms in total. The molecule has 1 atom stereocenters. The van der Waals surface area contributed by atoms with Gasteiger partial charge >= 0.3 is 5.69 Å². The number of fused-ring (bicyclic) bond motifs is 1. The lowest BCUT2D eigenvalue weighted by Gasteiger charge is -2.32. The molecule has 0 aliphatic carbocycles.